The summed E-state index contributed by atoms with van der Waals surface area (Å²) < 4.78 is 21.3. The highest BCUT2D eigenvalue weighted by molar-refractivity contribution is 8.54. The van der Waals surface area contributed by atoms with Gasteiger partial charge in [-0.15, -0.1) is 6.42 Å². The van der Waals surface area contributed by atoms with E-state index >= 15 is 0 Å². The normalized spacial score (nSPS) is 38.0. The smallest absolute Gasteiger partial charge is 0.299 e. The molecule has 1 rings (SSSR count). The Balaban J connectivity index is 2.49. The molecule has 0 spiro atoms. The molecule has 0 aromatic rings. The molecule has 0 unspecified atom stereocenters. The van der Waals surface area contributed by atoms with E-state index in [1.54, 1.807) is 6.26 Å². The summed E-state index contributed by atoms with van der Waals surface area (Å²) in [5, 5.41) is 0. The van der Waals surface area contributed by atoms with Crippen LogP contribution >= 0.6 is 18.2 Å². The van der Waals surface area contributed by atoms with Crippen molar-refractivity contribution >= 4 is 18.2 Å². The van der Waals surface area contributed by atoms with Crippen LogP contribution in [0.1, 0.15) is 0 Å². The lowest BCUT2D eigenvalue weighted by molar-refractivity contribution is 0.129. The van der Waals surface area contributed by atoms with Gasteiger partial charge in [0.05, 0.1) is 19.1 Å². The summed E-state index contributed by atoms with van der Waals surface area (Å²) in [5.74, 6) is 2.43. The zero-order valence-electron chi connectivity index (χ0n) is 6.15. The van der Waals surface area contributed by atoms with Gasteiger partial charge in [0.25, 0.3) is 0 Å². The standard InChI is InChI=1S/C6H9O3PS/c1-3-6-4-8-10(7,11-2)9-5-6/h1,6H,4-5H2,2H3. The van der Waals surface area contributed by atoms with E-state index in [4.69, 9.17) is 15.5 Å². The van der Waals surface area contributed by atoms with Gasteiger partial charge in [-0.05, 0) is 17.6 Å². The van der Waals surface area contributed by atoms with Crippen molar-refractivity contribution in [2.75, 3.05) is 19.5 Å². The fourth-order valence-corrected chi connectivity index (χ4v) is 2.66. The van der Waals surface area contributed by atoms with Gasteiger partial charge in [-0.25, -0.2) is 4.57 Å². The van der Waals surface area contributed by atoms with Crippen molar-refractivity contribution in [1.82, 2.24) is 0 Å². The van der Waals surface area contributed by atoms with Crippen molar-refractivity contribution in [2.24, 2.45) is 5.92 Å². The number of hydrogen-bond donors (Lipinski definition) is 0. The third-order valence-corrected chi connectivity index (χ3v) is 4.68. The SMILES string of the molecule is C#CC1COP(=O)(SC)OC1. The second kappa shape index (κ2) is 3.64. The van der Waals surface area contributed by atoms with Crippen molar-refractivity contribution in [1.29, 1.82) is 0 Å². The van der Waals surface area contributed by atoms with Crippen molar-refractivity contribution in [3.8, 4) is 12.3 Å². The van der Waals surface area contributed by atoms with Crippen LogP contribution in [0, 0.1) is 18.3 Å². The molecule has 0 aromatic heterocycles. The maximum Gasteiger partial charge on any atom is 0.388 e. The van der Waals surface area contributed by atoms with E-state index in [9.17, 15) is 4.57 Å². The van der Waals surface area contributed by atoms with E-state index in [2.05, 4.69) is 5.92 Å². The predicted molar refractivity (Wildman–Crippen MR) is 45.3 cm³/mol. The monoisotopic (exact) mass is 192 g/mol. The second-order valence-electron chi connectivity index (χ2n) is 2.08. The molecule has 0 radical (unpaired) electrons. The van der Waals surface area contributed by atoms with Crippen LogP contribution in [-0.4, -0.2) is 19.5 Å². The Bertz CT molecular complexity index is 210. The van der Waals surface area contributed by atoms with Gasteiger partial charge in [-0.2, -0.15) is 0 Å². The second-order valence-corrected chi connectivity index (χ2v) is 6.30. The lowest BCUT2D eigenvalue weighted by atomic mass is 10.2. The Morgan fingerprint density at radius 3 is 2.55 bits per heavy atom. The molecule has 0 amide bonds. The Morgan fingerprint density at radius 1 is 1.64 bits per heavy atom. The summed E-state index contributed by atoms with van der Waals surface area (Å²) in [6.07, 6.45) is 6.82. The Labute approximate surface area is 70.1 Å². The summed E-state index contributed by atoms with van der Waals surface area (Å²) in [4.78, 5) is 0. The highest BCUT2D eigenvalue weighted by atomic mass is 32.7. The molecule has 0 aromatic carbocycles. The molecule has 0 N–H and O–H groups in total. The molecular formula is C6H9O3PS. The van der Waals surface area contributed by atoms with Crippen LogP contribution in [0.25, 0.3) is 0 Å². The van der Waals surface area contributed by atoms with Crippen LogP contribution in [-0.2, 0) is 13.6 Å². The summed E-state index contributed by atoms with van der Waals surface area (Å²) >= 11 is 1.10. The minimum Gasteiger partial charge on any atom is -0.299 e. The molecule has 1 aliphatic rings. The van der Waals surface area contributed by atoms with Crippen LogP contribution in [0.3, 0.4) is 0 Å². The van der Waals surface area contributed by atoms with E-state index in [0.717, 1.165) is 11.4 Å². The minimum absolute atomic E-state index is 0.0516. The van der Waals surface area contributed by atoms with Gasteiger partial charge in [0.15, 0.2) is 0 Å². The first-order valence-electron chi connectivity index (χ1n) is 3.11. The van der Waals surface area contributed by atoms with E-state index in [1.165, 1.54) is 0 Å². The Kier molecular flexibility index (Phi) is 3.03. The number of terminal acetylenes is 1. The van der Waals surface area contributed by atoms with Crippen molar-refractivity contribution < 1.29 is 13.6 Å². The molecule has 11 heavy (non-hydrogen) atoms. The quantitative estimate of drug-likeness (QED) is 0.468. The third-order valence-electron chi connectivity index (χ3n) is 1.33. The Hall–Kier alpha value is 0.0600. The van der Waals surface area contributed by atoms with Gasteiger partial charge in [-0.3, -0.25) is 9.05 Å². The van der Waals surface area contributed by atoms with Crippen molar-refractivity contribution in [3.05, 3.63) is 0 Å². The number of rotatable bonds is 1. The summed E-state index contributed by atoms with van der Waals surface area (Å²) in [6, 6.07) is 0. The van der Waals surface area contributed by atoms with Crippen LogP contribution in [0.5, 0.6) is 0 Å². The lowest BCUT2D eigenvalue weighted by Crippen LogP contribution is -2.18. The molecular weight excluding hydrogens is 183 g/mol. The zero-order chi connectivity index (χ0) is 8.32. The van der Waals surface area contributed by atoms with Gasteiger partial charge >= 0.3 is 6.80 Å². The summed E-state index contributed by atoms with van der Waals surface area (Å²) in [5.41, 5.74) is 0. The first-order chi connectivity index (χ1) is 5.20. The average Bonchev–Trinajstić information content (AvgIpc) is 2.06. The summed E-state index contributed by atoms with van der Waals surface area (Å²) in [6.45, 7) is -2.14. The maximum atomic E-state index is 11.3. The fraction of sp³-hybridized carbons (Fsp3) is 0.667. The van der Waals surface area contributed by atoms with Crippen molar-refractivity contribution in [3.63, 3.8) is 0 Å². The van der Waals surface area contributed by atoms with Crippen LogP contribution in [0.2, 0.25) is 0 Å². The molecule has 1 aliphatic heterocycles. The average molecular weight is 192 g/mol. The topological polar surface area (TPSA) is 35.5 Å². The lowest BCUT2D eigenvalue weighted by Gasteiger charge is -2.24. The van der Waals surface area contributed by atoms with Crippen molar-refractivity contribution in [2.45, 2.75) is 0 Å². The fourth-order valence-electron chi connectivity index (χ4n) is 0.650. The largest absolute Gasteiger partial charge is 0.388 e. The maximum absolute atomic E-state index is 11.3. The third kappa shape index (κ3) is 2.25. The molecule has 1 fully saturated rings. The molecule has 0 saturated carbocycles. The van der Waals surface area contributed by atoms with E-state index in [1.807, 2.05) is 0 Å². The minimum atomic E-state index is -2.82. The van der Waals surface area contributed by atoms with Crippen LogP contribution in [0.15, 0.2) is 0 Å². The van der Waals surface area contributed by atoms with Gasteiger partial charge in [0.2, 0.25) is 0 Å². The molecule has 0 bridgehead atoms. The van der Waals surface area contributed by atoms with E-state index in [-0.39, 0.29) is 5.92 Å². The molecule has 3 nitrogen and oxygen atoms in total. The van der Waals surface area contributed by atoms with Gasteiger partial charge in [0.1, 0.15) is 0 Å². The first-order valence-corrected chi connectivity index (χ1v) is 6.48. The molecule has 1 heterocycles. The predicted octanol–water partition coefficient (Wildman–Crippen LogP) is 1.75. The number of hydrogen-bond acceptors (Lipinski definition) is 4. The van der Waals surface area contributed by atoms with Crippen LogP contribution < -0.4 is 0 Å². The van der Waals surface area contributed by atoms with Gasteiger partial charge in [-0.1, -0.05) is 5.92 Å². The molecule has 0 aliphatic carbocycles. The molecule has 0 atom stereocenters. The highest BCUT2D eigenvalue weighted by Crippen LogP contribution is 2.61. The van der Waals surface area contributed by atoms with E-state index in [0.29, 0.717) is 13.2 Å². The summed E-state index contributed by atoms with van der Waals surface area (Å²) in [7, 11) is 0. The van der Waals surface area contributed by atoms with Gasteiger partial charge < -0.3 is 0 Å². The Morgan fingerprint density at radius 2 is 2.18 bits per heavy atom. The highest BCUT2D eigenvalue weighted by Gasteiger charge is 2.30. The van der Waals surface area contributed by atoms with Crippen LogP contribution in [0.4, 0.5) is 0 Å². The molecule has 1 saturated heterocycles. The molecule has 62 valence electrons. The van der Waals surface area contributed by atoms with Gasteiger partial charge in [0, 0.05) is 0 Å². The zero-order valence-corrected chi connectivity index (χ0v) is 7.86. The van der Waals surface area contributed by atoms with E-state index < -0.39 is 6.80 Å². The molecule has 5 heteroatoms. The first kappa shape index (κ1) is 9.15.